The van der Waals surface area contributed by atoms with Crippen LogP contribution >= 0.6 is 0 Å². The summed E-state index contributed by atoms with van der Waals surface area (Å²) < 4.78 is 7.91. The number of unbranched alkanes of at least 4 members (excludes halogenated alkanes) is 1. The molecule has 2 atom stereocenters. The van der Waals surface area contributed by atoms with Gasteiger partial charge in [0.05, 0.1) is 11.4 Å². The second-order valence-corrected chi connectivity index (χ2v) is 8.16. The first-order chi connectivity index (χ1) is 13.7. The minimum absolute atomic E-state index is 0.167. The quantitative estimate of drug-likeness (QED) is 0.818. The van der Waals surface area contributed by atoms with Crippen LogP contribution in [-0.2, 0) is 15.1 Å². The van der Waals surface area contributed by atoms with Gasteiger partial charge in [0, 0.05) is 38.6 Å². The van der Waals surface area contributed by atoms with Gasteiger partial charge in [-0.15, -0.1) is 0 Å². The summed E-state index contributed by atoms with van der Waals surface area (Å²) in [4.78, 5) is 22.3. The number of aromatic nitrogens is 2. The maximum Gasteiger partial charge on any atom is 0.251 e. The Balaban J connectivity index is 1.54. The SMILES string of the molecule is CCCCN1c2cccnc2-n2cccc2[C@]12CCN(C(=O)[C@H]1CCCO1)C2. The van der Waals surface area contributed by atoms with Crippen molar-refractivity contribution in [2.45, 2.75) is 50.7 Å². The Hall–Kier alpha value is -2.34. The van der Waals surface area contributed by atoms with E-state index >= 15 is 0 Å². The van der Waals surface area contributed by atoms with Gasteiger partial charge in [-0.1, -0.05) is 13.3 Å². The Morgan fingerprint density at radius 3 is 3.11 bits per heavy atom. The Morgan fingerprint density at radius 2 is 2.29 bits per heavy atom. The van der Waals surface area contributed by atoms with Gasteiger partial charge in [0.15, 0.2) is 5.82 Å². The lowest BCUT2D eigenvalue weighted by Crippen LogP contribution is -2.53. The van der Waals surface area contributed by atoms with Gasteiger partial charge in [-0.2, -0.15) is 0 Å². The summed E-state index contributed by atoms with van der Waals surface area (Å²) in [6.45, 7) is 5.41. The van der Waals surface area contributed by atoms with Crippen LogP contribution in [-0.4, -0.2) is 52.7 Å². The molecule has 2 fully saturated rings. The number of carbonyl (C=O) groups is 1. The molecule has 0 radical (unpaired) electrons. The minimum atomic E-state index is -0.247. The van der Waals surface area contributed by atoms with E-state index in [0.717, 1.165) is 51.0 Å². The van der Waals surface area contributed by atoms with Crippen molar-refractivity contribution in [1.29, 1.82) is 0 Å². The number of hydrogen-bond acceptors (Lipinski definition) is 4. The lowest BCUT2D eigenvalue weighted by Gasteiger charge is -2.47. The van der Waals surface area contributed by atoms with Crippen molar-refractivity contribution in [2.24, 2.45) is 0 Å². The van der Waals surface area contributed by atoms with E-state index in [1.807, 2.05) is 17.2 Å². The summed E-state index contributed by atoms with van der Waals surface area (Å²) in [5.74, 6) is 1.16. The molecule has 1 amide bonds. The molecular weight excluding hydrogens is 352 g/mol. The molecule has 5 heterocycles. The van der Waals surface area contributed by atoms with Crippen LogP contribution in [0.3, 0.4) is 0 Å². The van der Waals surface area contributed by atoms with E-state index < -0.39 is 0 Å². The number of carbonyl (C=O) groups excluding carboxylic acids is 1. The molecule has 5 rings (SSSR count). The van der Waals surface area contributed by atoms with Crippen molar-refractivity contribution in [2.75, 3.05) is 31.1 Å². The predicted molar refractivity (Wildman–Crippen MR) is 108 cm³/mol. The number of rotatable bonds is 4. The standard InChI is InChI=1S/C22H28N4O2/c1-2-3-13-26-17-7-4-11-23-20(17)25-12-5-9-19(25)22(26)10-14-24(16-22)21(27)18-8-6-15-28-18/h4-5,7,9,11-12,18H,2-3,6,8,10,13-16H2,1H3/t18-,22-/m1/s1. The molecule has 0 saturated carbocycles. The number of hydrogen-bond donors (Lipinski definition) is 0. The van der Waals surface area contributed by atoms with E-state index in [1.165, 1.54) is 11.4 Å². The molecule has 2 saturated heterocycles. The maximum atomic E-state index is 13.1. The normalized spacial score (nSPS) is 26.0. The molecule has 0 unspecified atom stereocenters. The van der Waals surface area contributed by atoms with Crippen molar-refractivity contribution < 1.29 is 9.53 Å². The molecule has 6 heteroatoms. The second-order valence-electron chi connectivity index (χ2n) is 8.16. The van der Waals surface area contributed by atoms with Crippen molar-refractivity contribution in [3.8, 4) is 5.82 Å². The molecule has 3 aliphatic heterocycles. The summed E-state index contributed by atoms with van der Waals surface area (Å²) in [6.07, 6.45) is 8.76. The average Bonchev–Trinajstić information content (AvgIpc) is 3.48. The van der Waals surface area contributed by atoms with Gasteiger partial charge in [0.1, 0.15) is 11.6 Å². The molecule has 0 aromatic carbocycles. The number of fused-ring (bicyclic) bond motifs is 4. The zero-order chi connectivity index (χ0) is 19.1. The molecule has 3 aliphatic rings. The van der Waals surface area contributed by atoms with Crippen LogP contribution in [0.15, 0.2) is 36.7 Å². The van der Waals surface area contributed by atoms with Crippen LogP contribution in [0.4, 0.5) is 5.69 Å². The summed E-state index contributed by atoms with van der Waals surface area (Å²) in [7, 11) is 0. The van der Waals surface area contributed by atoms with Crippen LogP contribution < -0.4 is 4.90 Å². The highest BCUT2D eigenvalue weighted by Gasteiger charge is 2.51. The first kappa shape index (κ1) is 17.7. The van der Waals surface area contributed by atoms with Gasteiger partial charge in [0.25, 0.3) is 5.91 Å². The number of likely N-dealkylation sites (tertiary alicyclic amines) is 1. The van der Waals surface area contributed by atoms with Crippen molar-refractivity contribution in [1.82, 2.24) is 14.5 Å². The fourth-order valence-electron chi connectivity index (χ4n) is 5.14. The Bertz CT molecular complexity index is 873. The van der Waals surface area contributed by atoms with Crippen LogP contribution in [0.5, 0.6) is 0 Å². The summed E-state index contributed by atoms with van der Waals surface area (Å²) in [5.41, 5.74) is 2.23. The molecule has 0 aliphatic carbocycles. The number of amides is 1. The number of ether oxygens (including phenoxy) is 1. The highest BCUT2D eigenvalue weighted by Crippen LogP contribution is 2.47. The van der Waals surface area contributed by atoms with Gasteiger partial charge in [-0.25, -0.2) is 4.98 Å². The average molecular weight is 380 g/mol. The molecule has 0 N–H and O–H groups in total. The fourth-order valence-corrected chi connectivity index (χ4v) is 5.14. The van der Waals surface area contributed by atoms with Crippen LogP contribution in [0, 0.1) is 0 Å². The Kier molecular flexibility index (Phi) is 4.38. The van der Waals surface area contributed by atoms with E-state index in [-0.39, 0.29) is 17.6 Å². The third-order valence-electron chi connectivity index (χ3n) is 6.53. The summed E-state index contributed by atoms with van der Waals surface area (Å²) in [6, 6.07) is 8.50. The van der Waals surface area contributed by atoms with Gasteiger partial charge >= 0.3 is 0 Å². The topological polar surface area (TPSA) is 50.6 Å². The monoisotopic (exact) mass is 380 g/mol. The molecular formula is C22H28N4O2. The van der Waals surface area contributed by atoms with Crippen molar-refractivity contribution >= 4 is 11.6 Å². The minimum Gasteiger partial charge on any atom is -0.368 e. The number of anilines is 1. The second kappa shape index (κ2) is 6.92. The summed E-state index contributed by atoms with van der Waals surface area (Å²) in [5, 5.41) is 0. The van der Waals surface area contributed by atoms with Gasteiger partial charge in [-0.3, -0.25) is 4.79 Å². The zero-order valence-electron chi connectivity index (χ0n) is 16.5. The molecule has 0 bridgehead atoms. The lowest BCUT2D eigenvalue weighted by atomic mass is 9.88. The smallest absolute Gasteiger partial charge is 0.251 e. The maximum absolute atomic E-state index is 13.1. The van der Waals surface area contributed by atoms with Gasteiger partial charge in [-0.05, 0) is 49.9 Å². The number of nitrogens with zero attached hydrogens (tertiary/aromatic N) is 4. The van der Waals surface area contributed by atoms with Crippen LogP contribution in [0.1, 0.15) is 44.7 Å². The Labute approximate surface area is 166 Å². The van der Waals surface area contributed by atoms with E-state index in [9.17, 15) is 4.79 Å². The van der Waals surface area contributed by atoms with E-state index in [0.29, 0.717) is 13.2 Å². The van der Waals surface area contributed by atoms with Gasteiger partial charge in [0.2, 0.25) is 0 Å². The largest absolute Gasteiger partial charge is 0.368 e. The molecule has 1 spiro atoms. The molecule has 6 nitrogen and oxygen atoms in total. The van der Waals surface area contributed by atoms with Gasteiger partial charge < -0.3 is 19.1 Å². The first-order valence-electron chi connectivity index (χ1n) is 10.6. The highest BCUT2D eigenvalue weighted by molar-refractivity contribution is 5.82. The molecule has 28 heavy (non-hydrogen) atoms. The molecule has 2 aromatic rings. The predicted octanol–water partition coefficient (Wildman–Crippen LogP) is 3.10. The highest BCUT2D eigenvalue weighted by atomic mass is 16.5. The Morgan fingerprint density at radius 1 is 1.36 bits per heavy atom. The zero-order valence-corrected chi connectivity index (χ0v) is 16.5. The first-order valence-corrected chi connectivity index (χ1v) is 10.6. The van der Waals surface area contributed by atoms with Crippen molar-refractivity contribution in [3.63, 3.8) is 0 Å². The van der Waals surface area contributed by atoms with Crippen LogP contribution in [0.25, 0.3) is 5.82 Å². The van der Waals surface area contributed by atoms with E-state index in [2.05, 4.69) is 45.8 Å². The lowest BCUT2D eigenvalue weighted by molar-refractivity contribution is -0.140. The fraction of sp³-hybridized carbons (Fsp3) is 0.545. The number of pyridine rings is 1. The molecule has 148 valence electrons. The third kappa shape index (κ3) is 2.58. The molecule has 2 aromatic heterocycles. The van der Waals surface area contributed by atoms with E-state index in [4.69, 9.17) is 4.74 Å². The van der Waals surface area contributed by atoms with Crippen LogP contribution in [0.2, 0.25) is 0 Å². The van der Waals surface area contributed by atoms with E-state index in [1.54, 1.807) is 0 Å². The third-order valence-corrected chi connectivity index (χ3v) is 6.53. The summed E-state index contributed by atoms with van der Waals surface area (Å²) >= 11 is 0. The van der Waals surface area contributed by atoms with Crippen molar-refractivity contribution in [3.05, 3.63) is 42.4 Å².